The van der Waals surface area contributed by atoms with Gasteiger partial charge >= 0.3 is 0 Å². The Hall–Kier alpha value is -1.29. The van der Waals surface area contributed by atoms with Gasteiger partial charge in [-0.25, -0.2) is 4.98 Å². The van der Waals surface area contributed by atoms with Crippen LogP contribution in [-0.2, 0) is 6.54 Å². The highest BCUT2D eigenvalue weighted by molar-refractivity contribution is 7.13. The van der Waals surface area contributed by atoms with Crippen molar-refractivity contribution in [3.05, 3.63) is 30.0 Å². The maximum Gasteiger partial charge on any atom is 0.197 e. The second-order valence-corrected chi connectivity index (χ2v) is 4.26. The molecule has 2 aromatic heterocycles. The van der Waals surface area contributed by atoms with E-state index in [1.54, 1.807) is 11.3 Å². The zero-order valence-corrected chi connectivity index (χ0v) is 9.57. The van der Waals surface area contributed by atoms with Gasteiger partial charge in [0.25, 0.3) is 0 Å². The molecule has 0 radical (unpaired) electrons. The Balaban J connectivity index is 2.11. The minimum Gasteiger partial charge on any atom is -0.244 e. The van der Waals surface area contributed by atoms with Crippen molar-refractivity contribution >= 4 is 11.3 Å². The summed E-state index contributed by atoms with van der Waals surface area (Å²) in [7, 11) is 0. The number of hydrogen-bond donors (Lipinski definition) is 0. The summed E-state index contributed by atoms with van der Waals surface area (Å²) in [5.74, 6) is 0. The molecule has 0 aliphatic rings. The summed E-state index contributed by atoms with van der Waals surface area (Å²) in [6.45, 7) is 3.18. The van der Waals surface area contributed by atoms with Crippen molar-refractivity contribution in [3.8, 4) is 10.6 Å². The van der Waals surface area contributed by atoms with Crippen LogP contribution in [0.2, 0.25) is 0 Å². The van der Waals surface area contributed by atoms with Crippen LogP contribution in [0.5, 0.6) is 0 Å². The Kier molecular flexibility index (Phi) is 3.40. The Bertz CT molecular complexity index is 394. The van der Waals surface area contributed by atoms with E-state index in [9.17, 15) is 0 Å². The lowest BCUT2D eigenvalue weighted by Crippen LogP contribution is -2.37. The van der Waals surface area contributed by atoms with Crippen LogP contribution in [0, 0.1) is 0 Å². The molecule has 0 spiro atoms. The van der Waals surface area contributed by atoms with Crippen LogP contribution in [0.1, 0.15) is 19.8 Å². The normalized spacial score (nSPS) is 10.5. The number of aromatic nitrogens is 3. The summed E-state index contributed by atoms with van der Waals surface area (Å²) in [5.41, 5.74) is 1.10. The van der Waals surface area contributed by atoms with E-state index in [0.717, 1.165) is 17.1 Å². The molecule has 0 amide bonds. The van der Waals surface area contributed by atoms with Crippen LogP contribution in [0.15, 0.2) is 30.0 Å². The van der Waals surface area contributed by atoms with E-state index in [1.807, 2.05) is 28.7 Å². The molecule has 0 unspecified atom stereocenters. The van der Waals surface area contributed by atoms with Gasteiger partial charge in [0.2, 0.25) is 0 Å². The van der Waals surface area contributed by atoms with Gasteiger partial charge in [0.05, 0.1) is 0 Å². The first-order chi connectivity index (χ1) is 7.40. The van der Waals surface area contributed by atoms with Crippen LogP contribution in [0.25, 0.3) is 10.6 Å². The van der Waals surface area contributed by atoms with Gasteiger partial charge in [0, 0.05) is 29.6 Å². The number of hydrogen-bond acceptors (Lipinski definition) is 3. The molecule has 3 nitrogen and oxygen atoms in total. The molecule has 0 saturated heterocycles. The third kappa shape index (κ3) is 2.59. The summed E-state index contributed by atoms with van der Waals surface area (Å²) >= 11 is 1.64. The Morgan fingerprint density at radius 1 is 1.47 bits per heavy atom. The number of nitrogens with zero attached hydrogens (tertiary/aromatic N) is 3. The van der Waals surface area contributed by atoms with Gasteiger partial charge in [-0.2, -0.15) is 0 Å². The highest BCUT2D eigenvalue weighted by atomic mass is 32.1. The smallest absolute Gasteiger partial charge is 0.197 e. The predicted molar refractivity (Wildman–Crippen MR) is 60.4 cm³/mol. The number of thiazole rings is 1. The van der Waals surface area contributed by atoms with Crippen LogP contribution in [0.4, 0.5) is 0 Å². The van der Waals surface area contributed by atoms with E-state index in [1.165, 1.54) is 12.8 Å². The number of rotatable bonds is 4. The fourth-order valence-electron chi connectivity index (χ4n) is 1.33. The van der Waals surface area contributed by atoms with E-state index in [0.29, 0.717) is 0 Å². The van der Waals surface area contributed by atoms with Crippen LogP contribution in [-0.4, -0.2) is 10.1 Å². The molecule has 0 aromatic carbocycles. The number of unbranched alkanes of at least 4 members (excludes halogenated alkanes) is 1. The molecule has 78 valence electrons. The average molecular weight is 220 g/mol. The van der Waals surface area contributed by atoms with Gasteiger partial charge in [-0.15, -0.1) is 11.3 Å². The average Bonchev–Trinajstić information content (AvgIpc) is 2.80. The van der Waals surface area contributed by atoms with Gasteiger partial charge in [-0.3, -0.25) is 0 Å². The van der Waals surface area contributed by atoms with Crippen LogP contribution >= 0.6 is 11.3 Å². The highest BCUT2D eigenvalue weighted by Gasteiger charge is 2.05. The largest absolute Gasteiger partial charge is 0.244 e. The third-order valence-electron chi connectivity index (χ3n) is 2.19. The first-order valence-corrected chi connectivity index (χ1v) is 6.04. The van der Waals surface area contributed by atoms with Crippen molar-refractivity contribution in [1.82, 2.24) is 10.1 Å². The number of aryl methyl sites for hydroxylation is 1. The molecule has 15 heavy (non-hydrogen) atoms. The fourth-order valence-corrected chi connectivity index (χ4v) is 1.96. The summed E-state index contributed by atoms with van der Waals surface area (Å²) in [4.78, 5) is 4.25. The summed E-state index contributed by atoms with van der Waals surface area (Å²) in [5, 5.41) is 7.37. The molecule has 0 fully saturated rings. The summed E-state index contributed by atoms with van der Waals surface area (Å²) in [6.07, 6.45) is 8.09. The van der Waals surface area contributed by atoms with Gasteiger partial charge < -0.3 is 0 Å². The van der Waals surface area contributed by atoms with Crippen molar-refractivity contribution in [2.75, 3.05) is 0 Å². The molecular weight excluding hydrogens is 206 g/mol. The molecular formula is C11H14N3S+. The van der Waals surface area contributed by atoms with Crippen molar-refractivity contribution in [2.24, 2.45) is 0 Å². The maximum absolute atomic E-state index is 4.36. The van der Waals surface area contributed by atoms with Gasteiger partial charge in [-0.05, 0) is 5.10 Å². The zero-order chi connectivity index (χ0) is 10.5. The van der Waals surface area contributed by atoms with Gasteiger partial charge in [-0.1, -0.05) is 18.0 Å². The van der Waals surface area contributed by atoms with Crippen molar-refractivity contribution in [3.63, 3.8) is 0 Å². The molecule has 4 heteroatoms. The first kappa shape index (κ1) is 10.2. The molecule has 0 N–H and O–H groups in total. The van der Waals surface area contributed by atoms with E-state index in [4.69, 9.17) is 0 Å². The minimum absolute atomic E-state index is 0.995. The first-order valence-electron chi connectivity index (χ1n) is 5.16. The summed E-state index contributed by atoms with van der Waals surface area (Å²) in [6, 6.07) is 2.07. The quantitative estimate of drug-likeness (QED) is 0.740. The molecule has 0 bridgehead atoms. The third-order valence-corrected chi connectivity index (χ3v) is 3.01. The molecule has 0 aliphatic carbocycles. The molecule has 2 rings (SSSR count). The molecule has 0 atom stereocenters. The lowest BCUT2D eigenvalue weighted by atomic mass is 10.3. The lowest BCUT2D eigenvalue weighted by Gasteiger charge is -1.94. The molecule has 0 aliphatic heterocycles. The Morgan fingerprint density at radius 2 is 2.40 bits per heavy atom. The molecule has 0 saturated carbocycles. The van der Waals surface area contributed by atoms with E-state index >= 15 is 0 Å². The van der Waals surface area contributed by atoms with E-state index in [2.05, 4.69) is 23.1 Å². The molecule has 2 heterocycles. The Labute approximate surface area is 93.4 Å². The van der Waals surface area contributed by atoms with Gasteiger partial charge in [0.1, 0.15) is 11.2 Å². The predicted octanol–water partition coefficient (Wildman–Crippen LogP) is 2.29. The lowest BCUT2D eigenvalue weighted by molar-refractivity contribution is -0.754. The molecule has 2 aromatic rings. The topological polar surface area (TPSA) is 29.7 Å². The highest BCUT2D eigenvalue weighted by Crippen LogP contribution is 2.18. The van der Waals surface area contributed by atoms with Crippen LogP contribution < -0.4 is 4.68 Å². The monoisotopic (exact) mass is 220 g/mol. The minimum atomic E-state index is 0.995. The second-order valence-electron chi connectivity index (χ2n) is 3.37. The fraction of sp³-hybridized carbons (Fsp3) is 0.364. The van der Waals surface area contributed by atoms with Crippen molar-refractivity contribution in [2.45, 2.75) is 26.3 Å². The van der Waals surface area contributed by atoms with Crippen molar-refractivity contribution in [1.29, 1.82) is 0 Å². The van der Waals surface area contributed by atoms with E-state index in [-0.39, 0.29) is 0 Å². The van der Waals surface area contributed by atoms with Crippen LogP contribution in [0.3, 0.4) is 0 Å². The zero-order valence-electron chi connectivity index (χ0n) is 8.76. The SMILES string of the molecule is CCCC[n+]1ccc(-c2nccs2)cn1. The van der Waals surface area contributed by atoms with E-state index < -0.39 is 0 Å². The summed E-state index contributed by atoms with van der Waals surface area (Å²) < 4.78 is 1.97. The maximum atomic E-state index is 4.36. The second kappa shape index (κ2) is 4.98. The van der Waals surface area contributed by atoms with Gasteiger partial charge in [0.15, 0.2) is 12.7 Å². The Morgan fingerprint density at radius 3 is 3.00 bits per heavy atom. The van der Waals surface area contributed by atoms with Crippen molar-refractivity contribution < 1.29 is 4.68 Å². The standard InChI is InChI=1S/C11H14N3S/c1-2-3-6-14-7-4-10(9-13-14)11-12-5-8-15-11/h4-5,7-9H,2-3,6H2,1H3/q+1.